The van der Waals surface area contributed by atoms with Gasteiger partial charge >= 0.3 is 0 Å². The minimum Gasteiger partial charge on any atom is -0.349 e. The number of hydrogen-bond acceptors (Lipinski definition) is 2. The van der Waals surface area contributed by atoms with Crippen LogP contribution in [0.1, 0.15) is 36.1 Å². The molecule has 2 aromatic rings. The van der Waals surface area contributed by atoms with Gasteiger partial charge < -0.3 is 10.6 Å². The smallest absolute Gasteiger partial charge is 0.226 e. The van der Waals surface area contributed by atoms with E-state index in [0.717, 1.165) is 22.4 Å². The van der Waals surface area contributed by atoms with E-state index in [1.165, 1.54) is 6.92 Å². The SMILES string of the molecule is CC(=O)N[C@H](CC(=O)Nc1cccc(C)c1C)c1ccccc1. The average molecular weight is 310 g/mol. The summed E-state index contributed by atoms with van der Waals surface area (Å²) in [6, 6.07) is 15.0. The third kappa shape index (κ3) is 4.68. The molecule has 0 fully saturated rings. The molecule has 0 aliphatic carbocycles. The standard InChI is InChI=1S/C19H22N2O2/c1-13-8-7-11-17(14(13)2)21-19(23)12-18(20-15(3)22)16-9-5-4-6-10-16/h4-11,18H,12H2,1-3H3,(H,20,22)(H,21,23)/t18-/m1/s1. The first kappa shape index (κ1) is 16.7. The molecule has 0 unspecified atom stereocenters. The summed E-state index contributed by atoms with van der Waals surface area (Å²) in [7, 11) is 0. The van der Waals surface area contributed by atoms with Crippen molar-refractivity contribution in [3.05, 3.63) is 65.2 Å². The third-order valence-corrected chi connectivity index (χ3v) is 3.85. The molecular formula is C19H22N2O2. The molecule has 0 saturated carbocycles. The van der Waals surface area contributed by atoms with Crippen LogP contribution in [0.3, 0.4) is 0 Å². The monoisotopic (exact) mass is 310 g/mol. The zero-order valence-electron chi connectivity index (χ0n) is 13.7. The highest BCUT2D eigenvalue weighted by atomic mass is 16.2. The maximum atomic E-state index is 12.4. The molecule has 2 rings (SSSR count). The van der Waals surface area contributed by atoms with E-state index in [1.54, 1.807) is 0 Å². The van der Waals surface area contributed by atoms with Crippen molar-refractivity contribution in [2.75, 3.05) is 5.32 Å². The molecule has 120 valence electrons. The van der Waals surface area contributed by atoms with E-state index in [0.29, 0.717) is 0 Å². The van der Waals surface area contributed by atoms with Crippen molar-refractivity contribution in [3.63, 3.8) is 0 Å². The van der Waals surface area contributed by atoms with E-state index in [-0.39, 0.29) is 24.3 Å². The lowest BCUT2D eigenvalue weighted by Gasteiger charge is -2.18. The molecule has 2 amide bonds. The number of anilines is 1. The van der Waals surface area contributed by atoms with Gasteiger partial charge in [0.05, 0.1) is 12.5 Å². The zero-order valence-corrected chi connectivity index (χ0v) is 13.7. The maximum absolute atomic E-state index is 12.4. The highest BCUT2D eigenvalue weighted by Gasteiger charge is 2.17. The molecule has 2 aromatic carbocycles. The van der Waals surface area contributed by atoms with Gasteiger partial charge in [-0.1, -0.05) is 42.5 Å². The van der Waals surface area contributed by atoms with Crippen LogP contribution >= 0.6 is 0 Å². The van der Waals surface area contributed by atoms with Gasteiger partial charge in [-0.05, 0) is 36.6 Å². The second-order valence-corrected chi connectivity index (χ2v) is 5.66. The number of rotatable bonds is 5. The molecule has 0 aromatic heterocycles. The van der Waals surface area contributed by atoms with Gasteiger partial charge in [0.2, 0.25) is 11.8 Å². The number of benzene rings is 2. The lowest BCUT2D eigenvalue weighted by molar-refractivity contribution is -0.120. The summed E-state index contributed by atoms with van der Waals surface area (Å²) in [5, 5.41) is 5.77. The molecule has 0 radical (unpaired) electrons. The minimum absolute atomic E-state index is 0.124. The summed E-state index contributed by atoms with van der Waals surface area (Å²) in [5.41, 5.74) is 3.91. The molecule has 0 spiro atoms. The van der Waals surface area contributed by atoms with Crippen LogP contribution in [-0.4, -0.2) is 11.8 Å². The highest BCUT2D eigenvalue weighted by Crippen LogP contribution is 2.21. The second-order valence-electron chi connectivity index (χ2n) is 5.66. The Morgan fingerprint density at radius 3 is 2.35 bits per heavy atom. The number of amides is 2. The number of carbonyl (C=O) groups excluding carboxylic acids is 2. The molecule has 23 heavy (non-hydrogen) atoms. The van der Waals surface area contributed by atoms with Gasteiger partial charge in [-0.3, -0.25) is 9.59 Å². The summed E-state index contributed by atoms with van der Waals surface area (Å²) in [6.45, 7) is 5.45. The lowest BCUT2D eigenvalue weighted by Crippen LogP contribution is -2.29. The number of carbonyl (C=O) groups is 2. The van der Waals surface area contributed by atoms with Gasteiger partial charge in [-0.25, -0.2) is 0 Å². The van der Waals surface area contributed by atoms with Crippen LogP contribution in [0.2, 0.25) is 0 Å². The van der Waals surface area contributed by atoms with Gasteiger partial charge in [0.25, 0.3) is 0 Å². The quantitative estimate of drug-likeness (QED) is 0.888. The largest absolute Gasteiger partial charge is 0.349 e. The molecular weight excluding hydrogens is 288 g/mol. The van der Waals surface area contributed by atoms with E-state index < -0.39 is 0 Å². The van der Waals surface area contributed by atoms with E-state index in [1.807, 2.05) is 62.4 Å². The van der Waals surface area contributed by atoms with Crippen molar-refractivity contribution in [3.8, 4) is 0 Å². The number of aryl methyl sites for hydroxylation is 1. The molecule has 4 nitrogen and oxygen atoms in total. The summed E-state index contributed by atoms with van der Waals surface area (Å²) < 4.78 is 0. The Labute approximate surface area is 136 Å². The van der Waals surface area contributed by atoms with Crippen LogP contribution in [0.4, 0.5) is 5.69 Å². The highest BCUT2D eigenvalue weighted by molar-refractivity contribution is 5.92. The van der Waals surface area contributed by atoms with Crippen molar-refractivity contribution < 1.29 is 9.59 Å². The minimum atomic E-state index is -0.334. The van der Waals surface area contributed by atoms with Crippen LogP contribution in [0.15, 0.2) is 48.5 Å². The summed E-state index contributed by atoms with van der Waals surface area (Å²) in [5.74, 6) is -0.278. The van der Waals surface area contributed by atoms with Crippen LogP contribution < -0.4 is 10.6 Å². The first-order valence-electron chi connectivity index (χ1n) is 7.65. The predicted octanol–water partition coefficient (Wildman–Crippen LogP) is 3.51. The zero-order chi connectivity index (χ0) is 16.8. The van der Waals surface area contributed by atoms with E-state index in [2.05, 4.69) is 10.6 Å². The van der Waals surface area contributed by atoms with Gasteiger partial charge in [-0.2, -0.15) is 0 Å². The van der Waals surface area contributed by atoms with E-state index >= 15 is 0 Å². The summed E-state index contributed by atoms with van der Waals surface area (Å²) in [6.07, 6.45) is 0.191. The molecule has 0 aliphatic heterocycles. The Morgan fingerprint density at radius 1 is 1.00 bits per heavy atom. The van der Waals surface area contributed by atoms with Crippen LogP contribution in [0.25, 0.3) is 0 Å². The number of nitrogens with one attached hydrogen (secondary N) is 2. The normalized spacial score (nSPS) is 11.6. The third-order valence-electron chi connectivity index (χ3n) is 3.85. The first-order valence-corrected chi connectivity index (χ1v) is 7.65. The van der Waals surface area contributed by atoms with E-state index in [9.17, 15) is 9.59 Å². The van der Waals surface area contributed by atoms with Crippen LogP contribution in [0, 0.1) is 13.8 Å². The Kier molecular flexibility index (Phi) is 5.52. The topological polar surface area (TPSA) is 58.2 Å². The predicted molar refractivity (Wildman–Crippen MR) is 92.2 cm³/mol. The fourth-order valence-corrected chi connectivity index (χ4v) is 2.46. The fourth-order valence-electron chi connectivity index (χ4n) is 2.46. The van der Waals surface area contributed by atoms with Crippen molar-refractivity contribution in [1.82, 2.24) is 5.32 Å². The average Bonchev–Trinajstić information content (AvgIpc) is 2.51. The molecule has 4 heteroatoms. The van der Waals surface area contributed by atoms with Gasteiger partial charge in [0, 0.05) is 12.6 Å². The van der Waals surface area contributed by atoms with Gasteiger partial charge in [0.1, 0.15) is 0 Å². The van der Waals surface area contributed by atoms with Crippen LogP contribution in [0.5, 0.6) is 0 Å². The van der Waals surface area contributed by atoms with Crippen LogP contribution in [-0.2, 0) is 9.59 Å². The summed E-state index contributed by atoms with van der Waals surface area (Å²) >= 11 is 0. The van der Waals surface area contributed by atoms with Crippen molar-refractivity contribution in [2.45, 2.75) is 33.2 Å². The van der Waals surface area contributed by atoms with Gasteiger partial charge in [-0.15, -0.1) is 0 Å². The Hall–Kier alpha value is -2.62. The molecule has 0 saturated heterocycles. The molecule has 0 aliphatic rings. The van der Waals surface area contributed by atoms with Gasteiger partial charge in [0.15, 0.2) is 0 Å². The fraction of sp³-hybridized carbons (Fsp3) is 0.263. The Bertz CT molecular complexity index is 696. The van der Waals surface area contributed by atoms with Crippen molar-refractivity contribution >= 4 is 17.5 Å². The second kappa shape index (κ2) is 7.58. The molecule has 0 bridgehead atoms. The van der Waals surface area contributed by atoms with E-state index in [4.69, 9.17) is 0 Å². The molecule has 1 atom stereocenters. The Morgan fingerprint density at radius 2 is 1.70 bits per heavy atom. The first-order chi connectivity index (χ1) is 11.0. The van der Waals surface area contributed by atoms with Crippen molar-refractivity contribution in [1.29, 1.82) is 0 Å². The number of hydrogen-bond donors (Lipinski definition) is 2. The lowest BCUT2D eigenvalue weighted by atomic mass is 10.0. The van der Waals surface area contributed by atoms with Crippen molar-refractivity contribution in [2.24, 2.45) is 0 Å². The molecule has 0 heterocycles. The Balaban J connectivity index is 2.11. The summed E-state index contributed by atoms with van der Waals surface area (Å²) in [4.78, 5) is 23.8. The molecule has 2 N–H and O–H groups in total. The maximum Gasteiger partial charge on any atom is 0.226 e.